The molecule has 129 valence electrons. The summed E-state index contributed by atoms with van der Waals surface area (Å²) in [5.74, 6) is 0. The number of hydrogen-bond donors (Lipinski definition) is 4. The molecule has 9 heteroatoms. The van der Waals surface area contributed by atoms with E-state index < -0.39 is 11.2 Å². The molecule has 0 amide bonds. The van der Waals surface area contributed by atoms with Crippen LogP contribution < -0.4 is 21.3 Å². The minimum absolute atomic E-state index is 0.841. The first kappa shape index (κ1) is 20.4. The second-order valence-corrected chi connectivity index (χ2v) is 10.1. The molecule has 0 radical (unpaired) electrons. The van der Waals surface area contributed by atoms with Gasteiger partial charge in [0.25, 0.3) is 0 Å². The van der Waals surface area contributed by atoms with E-state index in [0.29, 0.717) is 0 Å². The van der Waals surface area contributed by atoms with Crippen LogP contribution in [0.15, 0.2) is 18.2 Å². The molecule has 5 nitrogen and oxygen atoms in total. The zero-order valence-corrected chi connectivity index (χ0v) is 15.7. The van der Waals surface area contributed by atoms with E-state index in [1.807, 2.05) is 0 Å². The van der Waals surface area contributed by atoms with Crippen molar-refractivity contribution in [3.05, 3.63) is 29.6 Å². The van der Waals surface area contributed by atoms with Crippen LogP contribution in [-0.2, 0) is 24.3 Å². The van der Waals surface area contributed by atoms with Crippen molar-refractivity contribution in [3.8, 4) is 0 Å². The largest absolute Gasteiger partial charge is 0.314 e. The summed E-state index contributed by atoms with van der Waals surface area (Å²) < 4.78 is 0. The number of aromatic nitrogens is 1. The van der Waals surface area contributed by atoms with Gasteiger partial charge in [0.1, 0.15) is 0 Å². The van der Waals surface area contributed by atoms with E-state index in [1.165, 1.54) is 0 Å². The van der Waals surface area contributed by atoms with Crippen LogP contribution in [0.3, 0.4) is 0 Å². The van der Waals surface area contributed by atoms with Crippen molar-refractivity contribution in [3.63, 3.8) is 0 Å². The Morgan fingerprint density at radius 2 is 1.09 bits per heavy atom. The van der Waals surface area contributed by atoms with E-state index in [0.717, 1.165) is 63.7 Å². The monoisotopic (exact) mass is 410 g/mol. The first-order valence-electron chi connectivity index (χ1n) is 7.13. The molecule has 0 spiro atoms. The SMILES string of the molecule is [Cl][Fe]([Cl])[Cl].c1cc2nc(c1)CNCCNCCNCCNC2. The third kappa shape index (κ3) is 11.9. The molecule has 1 aliphatic heterocycles. The molecule has 0 unspecified atom stereocenters. The first-order valence-corrected chi connectivity index (χ1v) is 11.7. The third-order valence-corrected chi connectivity index (χ3v) is 2.91. The molecular weight excluding hydrogens is 388 g/mol. The number of pyridine rings is 1. The van der Waals surface area contributed by atoms with E-state index in [4.69, 9.17) is 30.3 Å². The van der Waals surface area contributed by atoms with Gasteiger partial charge in [-0.1, -0.05) is 6.07 Å². The Morgan fingerprint density at radius 1 is 0.727 bits per heavy atom. The second kappa shape index (κ2) is 13.8. The molecule has 2 rings (SSSR count). The van der Waals surface area contributed by atoms with Gasteiger partial charge >= 0.3 is 41.5 Å². The van der Waals surface area contributed by atoms with Crippen LogP contribution in [0, 0.1) is 0 Å². The van der Waals surface area contributed by atoms with Crippen molar-refractivity contribution < 1.29 is 11.2 Å². The van der Waals surface area contributed by atoms with Gasteiger partial charge in [-0.25, -0.2) is 0 Å². The Morgan fingerprint density at radius 3 is 1.50 bits per heavy atom. The minimum atomic E-state index is -1.33. The Kier molecular flexibility index (Phi) is 12.8. The molecule has 2 bridgehead atoms. The van der Waals surface area contributed by atoms with E-state index in [-0.39, 0.29) is 0 Å². The van der Waals surface area contributed by atoms with Crippen LogP contribution in [0.25, 0.3) is 0 Å². The maximum atomic E-state index is 4.89. The molecular formula is C13H23Cl3FeN5. The van der Waals surface area contributed by atoms with Crippen molar-refractivity contribution >= 4 is 30.3 Å². The fourth-order valence-corrected chi connectivity index (χ4v) is 1.94. The first-order chi connectivity index (χ1) is 10.7. The van der Waals surface area contributed by atoms with Crippen LogP contribution >= 0.6 is 30.3 Å². The molecule has 0 aliphatic carbocycles. The molecule has 1 aromatic heterocycles. The smallest absolute Gasteiger partial charge is 0.0545 e. The Bertz CT molecular complexity index is 366. The Hall–Kier alpha value is 0.379. The summed E-state index contributed by atoms with van der Waals surface area (Å²) in [6.45, 7) is 7.68. The molecule has 2 heterocycles. The van der Waals surface area contributed by atoms with Crippen molar-refractivity contribution in [1.82, 2.24) is 26.3 Å². The van der Waals surface area contributed by atoms with Crippen LogP contribution in [0.1, 0.15) is 11.4 Å². The molecule has 4 N–H and O–H groups in total. The third-order valence-electron chi connectivity index (χ3n) is 2.91. The number of hydrogen-bond acceptors (Lipinski definition) is 5. The molecule has 0 saturated heterocycles. The van der Waals surface area contributed by atoms with Gasteiger partial charge in [0.15, 0.2) is 0 Å². The van der Waals surface area contributed by atoms with Gasteiger partial charge in [0.2, 0.25) is 0 Å². The quantitative estimate of drug-likeness (QED) is 0.488. The topological polar surface area (TPSA) is 61.0 Å². The van der Waals surface area contributed by atoms with E-state index in [9.17, 15) is 0 Å². The molecule has 0 aromatic carbocycles. The number of fused-ring (bicyclic) bond motifs is 2. The molecule has 0 fully saturated rings. The normalized spacial score (nSPS) is 18.2. The predicted molar refractivity (Wildman–Crippen MR) is 90.9 cm³/mol. The average molecular weight is 412 g/mol. The van der Waals surface area contributed by atoms with Crippen molar-refractivity contribution in [2.45, 2.75) is 13.1 Å². The Balaban J connectivity index is 0.000000541. The van der Waals surface area contributed by atoms with Crippen LogP contribution in [0.5, 0.6) is 0 Å². The van der Waals surface area contributed by atoms with Crippen LogP contribution in [0.4, 0.5) is 0 Å². The zero-order chi connectivity index (χ0) is 16.0. The summed E-state index contributed by atoms with van der Waals surface area (Å²) >= 11 is -1.33. The van der Waals surface area contributed by atoms with Crippen LogP contribution in [-0.4, -0.2) is 44.3 Å². The fraction of sp³-hybridized carbons (Fsp3) is 0.615. The molecule has 0 atom stereocenters. The maximum Gasteiger partial charge on any atom is 0.0545 e. The van der Waals surface area contributed by atoms with Crippen molar-refractivity contribution in [1.29, 1.82) is 0 Å². The van der Waals surface area contributed by atoms with Gasteiger partial charge in [-0.3, -0.25) is 4.98 Å². The van der Waals surface area contributed by atoms with Gasteiger partial charge < -0.3 is 21.3 Å². The molecule has 1 aliphatic rings. The summed E-state index contributed by atoms with van der Waals surface area (Å²) in [5, 5.41) is 13.6. The standard InChI is InChI=1S/C13H23N5.3ClH.Fe/c1-2-12-10-16-8-6-14-4-5-15-7-9-17-11-13(3-1)18-12;;;;/h1-3,14-17H,4-11H2;3*1H;/q;;;;+3/p-3. The average Bonchev–Trinajstić information content (AvgIpc) is 2.48. The van der Waals surface area contributed by atoms with Gasteiger partial charge in [0.05, 0.1) is 11.4 Å². The van der Waals surface area contributed by atoms with Crippen molar-refractivity contribution in [2.24, 2.45) is 0 Å². The Labute approximate surface area is 149 Å². The molecule has 22 heavy (non-hydrogen) atoms. The van der Waals surface area contributed by atoms with Gasteiger partial charge in [-0.2, -0.15) is 0 Å². The summed E-state index contributed by atoms with van der Waals surface area (Å²) in [6.07, 6.45) is 0. The van der Waals surface area contributed by atoms with Gasteiger partial charge in [-0.05, 0) is 12.1 Å². The zero-order valence-electron chi connectivity index (χ0n) is 12.3. The summed E-state index contributed by atoms with van der Waals surface area (Å²) in [4.78, 5) is 4.62. The van der Waals surface area contributed by atoms with Crippen LogP contribution in [0.2, 0.25) is 0 Å². The van der Waals surface area contributed by atoms with Gasteiger partial charge in [0, 0.05) is 52.4 Å². The predicted octanol–water partition coefficient (Wildman–Crippen LogP) is 1.52. The van der Waals surface area contributed by atoms with E-state index in [1.54, 1.807) is 0 Å². The second-order valence-electron chi connectivity index (χ2n) is 4.63. The van der Waals surface area contributed by atoms with E-state index in [2.05, 4.69) is 44.5 Å². The van der Waals surface area contributed by atoms with Crippen molar-refractivity contribution in [2.75, 3.05) is 39.3 Å². The van der Waals surface area contributed by atoms with Gasteiger partial charge in [-0.15, -0.1) is 0 Å². The maximum absolute atomic E-state index is 4.89. The minimum Gasteiger partial charge on any atom is -0.314 e. The molecule has 1 aromatic rings. The number of halogens is 3. The number of rotatable bonds is 0. The summed E-state index contributed by atoms with van der Waals surface area (Å²) in [6, 6.07) is 6.22. The summed E-state index contributed by atoms with van der Waals surface area (Å²) in [7, 11) is 14.7. The fourth-order valence-electron chi connectivity index (χ4n) is 1.94. The van der Waals surface area contributed by atoms with E-state index >= 15 is 0 Å². The molecule has 0 saturated carbocycles. The number of nitrogens with zero attached hydrogens (tertiary/aromatic N) is 1. The number of nitrogens with one attached hydrogen (secondary N) is 4. The summed E-state index contributed by atoms with van der Waals surface area (Å²) in [5.41, 5.74) is 2.23.